The van der Waals surface area contributed by atoms with Gasteiger partial charge in [-0.05, 0) is 69.6 Å². The van der Waals surface area contributed by atoms with Crippen molar-refractivity contribution in [1.29, 1.82) is 0 Å². The number of nitrogens with one attached hydrogen (secondary N) is 1. The Hall–Kier alpha value is -2.92. The molecule has 3 aliphatic rings. The Balaban J connectivity index is 1.41. The molecule has 4 atom stereocenters. The fourth-order valence-electron chi connectivity index (χ4n) is 5.03. The summed E-state index contributed by atoms with van der Waals surface area (Å²) in [5, 5.41) is 2.79. The predicted molar refractivity (Wildman–Crippen MR) is 152 cm³/mol. The number of ether oxygens (including phenoxy) is 6. The van der Waals surface area contributed by atoms with Gasteiger partial charge in [0.05, 0.1) is 19.1 Å². The Bertz CT molecular complexity index is 1060. The van der Waals surface area contributed by atoms with Crippen molar-refractivity contribution in [2.24, 2.45) is 23.7 Å². The van der Waals surface area contributed by atoms with Crippen LogP contribution in [0.2, 0.25) is 0 Å². The van der Waals surface area contributed by atoms with Crippen molar-refractivity contribution in [1.82, 2.24) is 10.3 Å². The van der Waals surface area contributed by atoms with E-state index >= 15 is 0 Å². The van der Waals surface area contributed by atoms with Gasteiger partial charge >= 0.3 is 11.9 Å². The summed E-state index contributed by atoms with van der Waals surface area (Å²) in [5.74, 6) is -0.207. The van der Waals surface area contributed by atoms with E-state index in [9.17, 15) is 14.4 Å². The Morgan fingerprint density at radius 2 is 1.83 bits per heavy atom. The van der Waals surface area contributed by atoms with Gasteiger partial charge < -0.3 is 33.7 Å². The predicted octanol–water partition coefficient (Wildman–Crippen LogP) is 4.07. The van der Waals surface area contributed by atoms with Gasteiger partial charge in [-0.2, -0.15) is 0 Å². The average molecular weight is 591 g/mol. The van der Waals surface area contributed by atoms with Crippen molar-refractivity contribution < 1.29 is 42.8 Å². The normalized spacial score (nSPS) is 24.6. The highest BCUT2D eigenvalue weighted by Crippen LogP contribution is 2.34. The van der Waals surface area contributed by atoms with E-state index in [1.165, 1.54) is 45.1 Å². The van der Waals surface area contributed by atoms with Crippen LogP contribution in [0.1, 0.15) is 82.6 Å². The van der Waals surface area contributed by atoms with E-state index in [0.29, 0.717) is 37.9 Å². The van der Waals surface area contributed by atoms with Crippen LogP contribution >= 0.6 is 0 Å². The molecular formula is C31H46N2O9. The number of nitrogens with zero attached hydrogens (tertiary/aromatic N) is 1. The monoisotopic (exact) mass is 590 g/mol. The van der Waals surface area contributed by atoms with Gasteiger partial charge in [0, 0.05) is 32.1 Å². The van der Waals surface area contributed by atoms with Crippen LogP contribution < -0.4 is 14.8 Å². The van der Waals surface area contributed by atoms with Crippen molar-refractivity contribution in [3.05, 3.63) is 18.0 Å². The lowest BCUT2D eigenvalue weighted by Crippen LogP contribution is -2.44. The van der Waals surface area contributed by atoms with Gasteiger partial charge in [-0.15, -0.1) is 0 Å². The largest absolute Gasteiger partial charge is 0.493 e. The molecule has 1 aromatic rings. The fraction of sp³-hybridized carbons (Fsp3) is 0.742. The number of carbonyl (C=O) groups is 3. The summed E-state index contributed by atoms with van der Waals surface area (Å²) < 4.78 is 34.3. The topological polar surface area (TPSA) is 132 Å². The van der Waals surface area contributed by atoms with Crippen molar-refractivity contribution in [3.8, 4) is 11.5 Å². The first-order chi connectivity index (χ1) is 20.3. The molecule has 2 saturated carbocycles. The van der Waals surface area contributed by atoms with E-state index in [1.807, 2.05) is 6.92 Å². The minimum Gasteiger partial charge on any atom is -0.493 e. The lowest BCUT2D eigenvalue weighted by molar-refractivity contribution is -0.161. The second-order valence-corrected chi connectivity index (χ2v) is 12.0. The average Bonchev–Trinajstić information content (AvgIpc) is 3.90. The van der Waals surface area contributed by atoms with Crippen molar-refractivity contribution in [3.63, 3.8) is 0 Å². The molecule has 3 fully saturated rings. The molecule has 0 spiro atoms. The van der Waals surface area contributed by atoms with E-state index < -0.39 is 36.8 Å². The molecule has 42 heavy (non-hydrogen) atoms. The van der Waals surface area contributed by atoms with Gasteiger partial charge in [0.1, 0.15) is 12.1 Å². The van der Waals surface area contributed by atoms with Gasteiger partial charge in [-0.25, -0.2) is 9.78 Å². The lowest BCUT2D eigenvalue weighted by atomic mass is 9.89. The number of rotatable bonds is 15. The third-order valence-corrected chi connectivity index (χ3v) is 7.97. The van der Waals surface area contributed by atoms with Gasteiger partial charge in [0.15, 0.2) is 17.2 Å². The minimum absolute atomic E-state index is 0.0126. The SMILES string of the molecule is COc1ccnc(C(=O)N[C@H]2CCC[C@H](CCOCC3CC3)[C@@H](OCC3CC3)[C@H](C)OC2=O)c1OCOC(=O)C(C)C. The molecule has 1 saturated heterocycles. The van der Waals surface area contributed by atoms with Crippen LogP contribution in [0.4, 0.5) is 0 Å². The number of esters is 2. The molecule has 1 aliphatic heterocycles. The Kier molecular flexibility index (Phi) is 11.8. The zero-order valence-corrected chi connectivity index (χ0v) is 25.3. The molecule has 1 N–H and O–H groups in total. The van der Waals surface area contributed by atoms with E-state index in [4.69, 9.17) is 28.4 Å². The standard InChI is InChI=1S/C31H46N2O9/c1-19(2)30(35)41-18-40-28-25(37-4)12-14-32-26(28)29(34)33-24-7-5-6-23(13-15-38-16-21-8-9-21)27(20(3)42-31(24)36)39-17-22-10-11-22/h12,14,19-24,27H,5-11,13,15-18H2,1-4H3,(H,33,34)/t20-,23+,24-,27-/m0/s1. The maximum Gasteiger partial charge on any atom is 0.329 e. The maximum atomic E-state index is 13.4. The number of pyridine rings is 1. The molecule has 11 heteroatoms. The van der Waals surface area contributed by atoms with Crippen LogP contribution in [0.3, 0.4) is 0 Å². The summed E-state index contributed by atoms with van der Waals surface area (Å²) in [4.78, 5) is 42.7. The number of aromatic nitrogens is 1. The van der Waals surface area contributed by atoms with Crippen LogP contribution in [0.15, 0.2) is 12.3 Å². The third-order valence-electron chi connectivity index (χ3n) is 7.97. The summed E-state index contributed by atoms with van der Waals surface area (Å²) in [5.41, 5.74) is -0.0907. The number of amides is 1. The quantitative estimate of drug-likeness (QED) is 0.181. The van der Waals surface area contributed by atoms with Crippen molar-refractivity contribution >= 4 is 17.8 Å². The zero-order valence-electron chi connectivity index (χ0n) is 25.3. The molecule has 11 nitrogen and oxygen atoms in total. The molecule has 1 amide bonds. The fourth-order valence-corrected chi connectivity index (χ4v) is 5.03. The number of carbonyl (C=O) groups excluding carboxylic acids is 3. The minimum atomic E-state index is -0.881. The lowest BCUT2D eigenvalue weighted by Gasteiger charge is -2.31. The maximum absolute atomic E-state index is 13.4. The smallest absolute Gasteiger partial charge is 0.329 e. The summed E-state index contributed by atoms with van der Waals surface area (Å²) >= 11 is 0. The number of hydrogen-bond donors (Lipinski definition) is 1. The Labute approximate surface area is 248 Å². The van der Waals surface area contributed by atoms with Gasteiger partial charge in [-0.1, -0.05) is 20.3 Å². The van der Waals surface area contributed by atoms with Crippen LogP contribution in [-0.2, 0) is 28.5 Å². The molecule has 0 radical (unpaired) electrons. The molecule has 0 aromatic carbocycles. The first-order valence-corrected chi connectivity index (χ1v) is 15.3. The molecule has 234 valence electrons. The van der Waals surface area contributed by atoms with E-state index in [-0.39, 0.29) is 35.1 Å². The van der Waals surface area contributed by atoms with Crippen LogP contribution in [0.25, 0.3) is 0 Å². The molecule has 0 unspecified atom stereocenters. The second kappa shape index (κ2) is 15.5. The van der Waals surface area contributed by atoms with Gasteiger partial charge in [0.25, 0.3) is 5.91 Å². The molecular weight excluding hydrogens is 544 g/mol. The zero-order chi connectivity index (χ0) is 30.1. The second-order valence-electron chi connectivity index (χ2n) is 12.0. The Morgan fingerprint density at radius 3 is 2.52 bits per heavy atom. The molecule has 1 aromatic heterocycles. The van der Waals surface area contributed by atoms with E-state index in [2.05, 4.69) is 10.3 Å². The first-order valence-electron chi connectivity index (χ1n) is 15.3. The first kappa shape index (κ1) is 32.0. The van der Waals surface area contributed by atoms with E-state index in [0.717, 1.165) is 19.4 Å². The molecule has 0 bridgehead atoms. The summed E-state index contributed by atoms with van der Waals surface area (Å²) in [6.45, 7) is 6.99. The van der Waals surface area contributed by atoms with Crippen molar-refractivity contribution in [2.75, 3.05) is 33.7 Å². The highest BCUT2D eigenvalue weighted by molar-refractivity contribution is 5.98. The third kappa shape index (κ3) is 9.55. The molecule has 2 heterocycles. The summed E-state index contributed by atoms with van der Waals surface area (Å²) in [6, 6.07) is 0.649. The van der Waals surface area contributed by atoms with Crippen LogP contribution in [-0.4, -0.2) is 74.8 Å². The van der Waals surface area contributed by atoms with Crippen LogP contribution in [0, 0.1) is 23.7 Å². The summed E-state index contributed by atoms with van der Waals surface area (Å²) in [6.07, 6.45) is 8.29. The molecule has 2 aliphatic carbocycles. The van der Waals surface area contributed by atoms with E-state index in [1.54, 1.807) is 13.8 Å². The van der Waals surface area contributed by atoms with Gasteiger partial charge in [-0.3, -0.25) is 9.59 Å². The molecule has 4 rings (SSSR count). The number of cyclic esters (lactones) is 1. The van der Waals surface area contributed by atoms with Crippen molar-refractivity contribution in [2.45, 2.75) is 90.4 Å². The van der Waals surface area contributed by atoms with Gasteiger partial charge in [0.2, 0.25) is 6.79 Å². The highest BCUT2D eigenvalue weighted by Gasteiger charge is 2.37. The highest BCUT2D eigenvalue weighted by atomic mass is 16.7. The number of methoxy groups -OCH3 is 1. The number of hydrogen-bond acceptors (Lipinski definition) is 10. The summed E-state index contributed by atoms with van der Waals surface area (Å²) in [7, 11) is 1.43. The Morgan fingerprint density at radius 1 is 1.10 bits per heavy atom. The van der Waals surface area contributed by atoms with Crippen LogP contribution in [0.5, 0.6) is 11.5 Å².